The van der Waals surface area contributed by atoms with E-state index in [4.69, 9.17) is 25.1 Å². The molecule has 0 saturated carbocycles. The second-order valence-electron chi connectivity index (χ2n) is 15.3. The molecule has 8 atom stereocenters. The Bertz CT molecular complexity index is 1610. The van der Waals surface area contributed by atoms with Crippen LogP contribution in [0.1, 0.15) is 89.5 Å². The van der Waals surface area contributed by atoms with Crippen molar-refractivity contribution in [2.24, 2.45) is 23.0 Å². The van der Waals surface area contributed by atoms with Crippen LogP contribution < -0.4 is 27.7 Å². The average Bonchev–Trinajstić information content (AvgIpc) is 3.08. The normalized spacial score (nSPS) is 25.4. The summed E-state index contributed by atoms with van der Waals surface area (Å²) in [6.45, 7) is 13.7. The molecule has 1 aromatic carbocycles. The van der Waals surface area contributed by atoms with Crippen molar-refractivity contribution in [3.8, 4) is 0 Å². The number of carbonyl (C=O) groups excluding carboxylic acids is 3. The molecule has 54 heavy (non-hydrogen) atoms. The SMILES string of the molecule is CC(C)ONC(O)C1=C(C(N)=O)C(=O)[C@]2(C(O)NOC(C)C)C(C(O)NOC(C)C)=C3C(=O)c4c(cccc4C(O)NOC(C)C)C[C@H]3C[C@@H]2[C@@H]1N(C)C. The Labute approximate surface area is 316 Å². The highest BCUT2D eigenvalue weighted by molar-refractivity contribution is 6.24. The number of rotatable bonds is 18. The van der Waals surface area contributed by atoms with E-state index in [0.717, 1.165) is 0 Å². The van der Waals surface area contributed by atoms with Crippen LogP contribution in [0.4, 0.5) is 0 Å². The number of nitrogens with two attached hydrogens (primary N) is 1. The minimum Gasteiger partial charge on any atom is -0.375 e. The number of hydrogen-bond donors (Lipinski definition) is 9. The smallest absolute Gasteiger partial charge is 0.252 e. The molecule has 0 saturated heterocycles. The lowest BCUT2D eigenvalue weighted by Gasteiger charge is -2.57. The van der Waals surface area contributed by atoms with Gasteiger partial charge in [-0.3, -0.25) is 33.7 Å². The number of benzene rings is 1. The Kier molecular flexibility index (Phi) is 14.4. The van der Waals surface area contributed by atoms with E-state index < -0.39 is 89.6 Å². The summed E-state index contributed by atoms with van der Waals surface area (Å²) in [6.07, 6.45) is -8.59. The van der Waals surface area contributed by atoms with Gasteiger partial charge in [0.1, 0.15) is 11.6 Å². The summed E-state index contributed by atoms with van der Waals surface area (Å²) in [6, 6.07) is 4.00. The topological polar surface area (TPSA) is 246 Å². The van der Waals surface area contributed by atoms with Gasteiger partial charge in [-0.1, -0.05) is 18.2 Å². The molecule has 0 fully saturated rings. The fourth-order valence-corrected chi connectivity index (χ4v) is 7.93. The number of aliphatic hydroxyl groups is 4. The van der Waals surface area contributed by atoms with Gasteiger partial charge in [0.25, 0.3) is 5.91 Å². The van der Waals surface area contributed by atoms with Crippen molar-refractivity contribution in [3.63, 3.8) is 0 Å². The maximum Gasteiger partial charge on any atom is 0.252 e. The molecular weight excluding hydrogens is 704 g/mol. The summed E-state index contributed by atoms with van der Waals surface area (Å²) in [5.74, 6) is -4.67. The number of primary amides is 1. The third kappa shape index (κ3) is 8.53. The minimum absolute atomic E-state index is 0.0270. The van der Waals surface area contributed by atoms with Crippen molar-refractivity contribution in [2.75, 3.05) is 14.1 Å². The summed E-state index contributed by atoms with van der Waals surface area (Å²) in [7, 11) is 3.34. The van der Waals surface area contributed by atoms with E-state index in [2.05, 4.69) is 21.9 Å². The number of ketones is 2. The van der Waals surface area contributed by atoms with Gasteiger partial charge in [-0.15, -0.1) is 0 Å². The molecule has 17 heteroatoms. The molecule has 0 heterocycles. The Morgan fingerprint density at radius 2 is 1.33 bits per heavy atom. The first-order valence-corrected chi connectivity index (χ1v) is 18.3. The Morgan fingerprint density at radius 1 is 0.815 bits per heavy atom. The maximum atomic E-state index is 15.4. The fourth-order valence-electron chi connectivity index (χ4n) is 7.93. The summed E-state index contributed by atoms with van der Waals surface area (Å²) >= 11 is 0. The summed E-state index contributed by atoms with van der Waals surface area (Å²) in [5, 5.41) is 47.3. The van der Waals surface area contributed by atoms with E-state index >= 15 is 9.59 Å². The van der Waals surface area contributed by atoms with Crippen LogP contribution in [-0.4, -0.2) is 106 Å². The van der Waals surface area contributed by atoms with E-state index in [0.29, 0.717) is 5.56 Å². The number of hydrogen-bond acceptors (Lipinski definition) is 16. The molecule has 0 aliphatic heterocycles. The lowest BCUT2D eigenvalue weighted by Crippen LogP contribution is -2.69. The summed E-state index contributed by atoms with van der Waals surface area (Å²) < 4.78 is 0. The van der Waals surface area contributed by atoms with Crippen molar-refractivity contribution in [1.29, 1.82) is 0 Å². The Morgan fingerprint density at radius 3 is 1.85 bits per heavy atom. The van der Waals surface area contributed by atoms with Gasteiger partial charge in [-0.2, -0.15) is 21.9 Å². The predicted molar refractivity (Wildman–Crippen MR) is 195 cm³/mol. The van der Waals surface area contributed by atoms with E-state index in [1.807, 2.05) is 0 Å². The van der Waals surface area contributed by atoms with Crippen LogP contribution in [-0.2, 0) is 35.4 Å². The molecule has 3 aliphatic rings. The second kappa shape index (κ2) is 17.8. The lowest BCUT2D eigenvalue weighted by atomic mass is 9.48. The van der Waals surface area contributed by atoms with E-state index in [1.54, 1.807) is 92.6 Å². The predicted octanol–water partition coefficient (Wildman–Crippen LogP) is 0.304. The number of Topliss-reactive ketones (excluding diaryl/α,β-unsaturated/α-hetero) is 2. The molecule has 1 amide bonds. The standard InChI is InChI=1S/C37H58N6O11/c1-16(2)51-39-33(47)22-13-11-12-20-14-21-15-23-29(43(9)10)26(34(48)40-52-17(3)4)27(32(38)46)31(45)37(23,36(50)42-54-19(7)8)28(25(21)30(44)24(20)22)35(49)41-53-18(5)6/h11-13,16-19,21,23,29,33-36,39-42,47-50H,14-15H2,1-10H3,(H2,38,46)/t21-,23+,29-,33?,34?,35?,36?,37+/m0/s1. The number of allylic oxidation sites excluding steroid dienone is 1. The molecule has 0 aromatic heterocycles. The number of nitrogens with one attached hydrogen (secondary N) is 4. The van der Waals surface area contributed by atoms with Crippen LogP contribution in [0, 0.1) is 17.3 Å². The van der Waals surface area contributed by atoms with Crippen molar-refractivity contribution in [2.45, 2.75) is 124 Å². The molecule has 4 rings (SSSR count). The fraction of sp³-hybridized carbons (Fsp3) is 0.649. The van der Waals surface area contributed by atoms with Gasteiger partial charge in [0, 0.05) is 33.9 Å². The number of nitrogens with zero attached hydrogens (tertiary/aromatic N) is 1. The number of fused-ring (bicyclic) bond motifs is 3. The molecule has 0 bridgehead atoms. The van der Waals surface area contributed by atoms with Crippen molar-refractivity contribution < 1.29 is 54.2 Å². The summed E-state index contributed by atoms with van der Waals surface area (Å²) in [4.78, 5) is 67.9. The van der Waals surface area contributed by atoms with Crippen LogP contribution in [0.3, 0.4) is 0 Å². The molecule has 302 valence electrons. The first-order chi connectivity index (χ1) is 25.3. The number of likely N-dealkylation sites (N-methyl/N-ethyl adjacent to an activating group) is 1. The lowest BCUT2D eigenvalue weighted by molar-refractivity contribution is -0.174. The zero-order valence-electron chi connectivity index (χ0n) is 32.7. The summed E-state index contributed by atoms with van der Waals surface area (Å²) in [5.41, 5.74) is 13.6. The van der Waals surface area contributed by atoms with Crippen LogP contribution >= 0.6 is 0 Å². The molecule has 4 unspecified atom stereocenters. The quantitative estimate of drug-likeness (QED) is 0.0555. The highest BCUT2D eigenvalue weighted by Crippen LogP contribution is 2.59. The van der Waals surface area contributed by atoms with Gasteiger partial charge in [0.05, 0.1) is 30.0 Å². The first kappa shape index (κ1) is 43.7. The van der Waals surface area contributed by atoms with Gasteiger partial charge >= 0.3 is 0 Å². The highest BCUT2D eigenvalue weighted by atomic mass is 16.7. The Balaban J connectivity index is 2.14. The number of hydroxylamine groups is 4. The van der Waals surface area contributed by atoms with Crippen LogP contribution in [0.2, 0.25) is 0 Å². The number of amides is 1. The van der Waals surface area contributed by atoms with Crippen molar-refractivity contribution in [3.05, 3.63) is 57.2 Å². The van der Waals surface area contributed by atoms with E-state index in [-0.39, 0.29) is 46.8 Å². The van der Waals surface area contributed by atoms with Crippen molar-refractivity contribution in [1.82, 2.24) is 26.8 Å². The molecule has 10 N–H and O–H groups in total. The van der Waals surface area contributed by atoms with Crippen LogP contribution in [0.15, 0.2) is 40.5 Å². The van der Waals surface area contributed by atoms with Gasteiger partial charge in [-0.25, -0.2) is 0 Å². The average molecular weight is 763 g/mol. The monoisotopic (exact) mass is 762 g/mol. The molecule has 3 aliphatic carbocycles. The maximum absolute atomic E-state index is 15.4. The number of carbonyl (C=O) groups is 3. The van der Waals surface area contributed by atoms with Gasteiger partial charge in [-0.05, 0) is 99.7 Å². The molecule has 0 radical (unpaired) electrons. The largest absolute Gasteiger partial charge is 0.375 e. The third-order valence-electron chi connectivity index (χ3n) is 9.74. The molecule has 1 aromatic rings. The van der Waals surface area contributed by atoms with Crippen LogP contribution in [0.5, 0.6) is 0 Å². The van der Waals surface area contributed by atoms with Gasteiger partial charge < -0.3 is 31.1 Å². The second-order valence-corrected chi connectivity index (χ2v) is 15.3. The molecule has 17 nitrogen and oxygen atoms in total. The van der Waals surface area contributed by atoms with E-state index in [9.17, 15) is 25.2 Å². The van der Waals surface area contributed by atoms with Gasteiger partial charge in [0.15, 0.2) is 30.3 Å². The zero-order chi connectivity index (χ0) is 40.4. The number of aliphatic hydroxyl groups excluding tert-OH is 4. The molecular formula is C37H58N6O11. The minimum atomic E-state index is -2.35. The highest BCUT2D eigenvalue weighted by Gasteiger charge is 2.67. The zero-order valence-corrected chi connectivity index (χ0v) is 32.7. The first-order valence-electron chi connectivity index (χ1n) is 18.3. The third-order valence-corrected chi connectivity index (χ3v) is 9.74. The Hall–Kier alpha value is -3.01. The van der Waals surface area contributed by atoms with Crippen LogP contribution in [0.25, 0.3) is 0 Å². The van der Waals surface area contributed by atoms with Gasteiger partial charge in [0.2, 0.25) is 0 Å². The van der Waals surface area contributed by atoms with Crippen molar-refractivity contribution >= 4 is 17.5 Å². The molecule has 0 spiro atoms. The van der Waals surface area contributed by atoms with E-state index in [1.165, 1.54) is 0 Å².